The molecule has 0 aliphatic rings. The molecule has 0 aliphatic carbocycles. The maximum Gasteiger partial charge on any atom is 0.328 e. The number of carboxylic acid groups (broad SMARTS) is 3. The molecule has 0 aromatic carbocycles. The Kier molecular flexibility index (Phi) is 22.3. The molecule has 0 aromatic heterocycles. The Morgan fingerprint density at radius 3 is 1.40 bits per heavy atom. The maximum absolute atomic E-state index is 13.0. The molecule has 0 rings (SSSR count). The van der Waals surface area contributed by atoms with Gasteiger partial charge in [0, 0.05) is 12.2 Å². The normalized spacial score (nSPS) is 17.0. The van der Waals surface area contributed by atoms with Gasteiger partial charge in [0.15, 0.2) is 0 Å². The van der Waals surface area contributed by atoms with E-state index in [1.807, 2.05) is 26.0 Å². The average Bonchev–Trinajstić information content (AvgIpc) is 2.92. The number of allylic oxidation sites excluding steroid dienone is 6. The first-order valence-corrected chi connectivity index (χ1v) is 16.5. The lowest BCUT2D eigenvalue weighted by Gasteiger charge is -2.27. The molecule has 11 nitrogen and oxygen atoms in total. The van der Waals surface area contributed by atoms with E-state index in [9.17, 15) is 39.6 Å². The molecule has 0 aliphatic heterocycles. The Morgan fingerprint density at radius 2 is 1.02 bits per heavy atom. The number of aliphatic hydroxyl groups excluding tert-OH is 3. The van der Waals surface area contributed by atoms with Crippen LogP contribution in [0, 0.1) is 23.7 Å². The van der Waals surface area contributed by atoms with Crippen LogP contribution in [-0.2, 0) is 23.9 Å². The van der Waals surface area contributed by atoms with E-state index in [4.69, 9.17) is 14.9 Å². The third-order valence-electron chi connectivity index (χ3n) is 8.07. The number of carbonyl (C=O) groups excluding carboxylic acids is 1. The Bertz CT molecular complexity index is 1120. The molecule has 0 amide bonds. The molecule has 0 fully saturated rings. The van der Waals surface area contributed by atoms with Crippen LogP contribution in [0.2, 0.25) is 0 Å². The zero-order chi connectivity index (χ0) is 36.1. The number of rotatable bonds is 25. The summed E-state index contributed by atoms with van der Waals surface area (Å²) in [4.78, 5) is 46.4. The largest absolute Gasteiger partial charge is 0.481 e. The molecular weight excluding hydrogens is 608 g/mol. The van der Waals surface area contributed by atoms with Gasteiger partial charge in [0.2, 0.25) is 0 Å². The number of hydrogen-bond donors (Lipinski definition) is 6. The van der Waals surface area contributed by atoms with Crippen LogP contribution in [0.1, 0.15) is 106 Å². The van der Waals surface area contributed by atoms with Gasteiger partial charge in [-0.25, -0.2) is 9.59 Å². The first-order chi connectivity index (χ1) is 22.0. The molecule has 0 aromatic rings. The van der Waals surface area contributed by atoms with Gasteiger partial charge in [-0.3, -0.25) is 9.59 Å². The van der Waals surface area contributed by atoms with Gasteiger partial charge in [-0.1, -0.05) is 69.2 Å². The first-order valence-electron chi connectivity index (χ1n) is 16.5. The Labute approximate surface area is 279 Å². The quantitative estimate of drug-likeness (QED) is 0.0303. The summed E-state index contributed by atoms with van der Waals surface area (Å²) in [5.74, 6) is -6.19. The van der Waals surface area contributed by atoms with Gasteiger partial charge in [-0.05, 0) is 82.8 Å². The number of esters is 1. The Morgan fingerprint density at radius 1 is 0.617 bits per heavy atom. The molecular formula is C36H58O11. The fraction of sp³-hybridized carbons (Fsp3) is 0.667. The van der Waals surface area contributed by atoms with Crippen molar-refractivity contribution < 1.29 is 54.6 Å². The van der Waals surface area contributed by atoms with Crippen molar-refractivity contribution in [2.75, 3.05) is 13.2 Å². The molecule has 0 radical (unpaired) electrons. The van der Waals surface area contributed by atoms with Crippen LogP contribution < -0.4 is 0 Å². The molecule has 6 atom stereocenters. The zero-order valence-electron chi connectivity index (χ0n) is 29.0. The van der Waals surface area contributed by atoms with E-state index >= 15 is 0 Å². The molecule has 0 saturated carbocycles. The van der Waals surface area contributed by atoms with Gasteiger partial charge in [0.05, 0.1) is 19.3 Å². The van der Waals surface area contributed by atoms with Crippen LogP contribution >= 0.6 is 0 Å². The number of carbonyl (C=O) groups is 4. The molecule has 0 unspecified atom stereocenters. The van der Waals surface area contributed by atoms with Gasteiger partial charge in [-0.2, -0.15) is 0 Å². The predicted octanol–water partition coefficient (Wildman–Crippen LogP) is 5.69. The van der Waals surface area contributed by atoms with E-state index in [1.54, 1.807) is 13.8 Å². The summed E-state index contributed by atoms with van der Waals surface area (Å²) in [6.07, 6.45) is 9.91. The summed E-state index contributed by atoms with van der Waals surface area (Å²) < 4.78 is 5.52. The van der Waals surface area contributed by atoms with Crippen LogP contribution in [0.15, 0.2) is 46.6 Å². The molecule has 6 N–H and O–H groups in total. The van der Waals surface area contributed by atoms with Crippen molar-refractivity contribution in [1.82, 2.24) is 0 Å². The second-order valence-corrected chi connectivity index (χ2v) is 13.1. The lowest BCUT2D eigenvalue weighted by Crippen LogP contribution is -2.40. The average molecular weight is 667 g/mol. The Hall–Kier alpha value is -3.28. The van der Waals surface area contributed by atoms with Crippen molar-refractivity contribution in [3.8, 4) is 0 Å². The van der Waals surface area contributed by atoms with Crippen LogP contribution in [0.25, 0.3) is 0 Å². The predicted molar refractivity (Wildman–Crippen MR) is 179 cm³/mol. The van der Waals surface area contributed by atoms with Crippen molar-refractivity contribution in [2.24, 2.45) is 23.7 Å². The highest BCUT2D eigenvalue weighted by Crippen LogP contribution is 2.24. The summed E-state index contributed by atoms with van der Waals surface area (Å²) in [7, 11) is 0. The lowest BCUT2D eigenvalue weighted by atomic mass is 9.92. The number of ether oxygens (including phenoxy) is 1. The molecule has 268 valence electrons. The fourth-order valence-electron chi connectivity index (χ4n) is 5.84. The van der Waals surface area contributed by atoms with E-state index in [2.05, 4.69) is 13.8 Å². The number of aliphatic carboxylic acids is 3. The number of aliphatic hydroxyl groups is 3. The van der Waals surface area contributed by atoms with Crippen LogP contribution in [-0.4, -0.2) is 79.9 Å². The topological polar surface area (TPSA) is 199 Å². The van der Waals surface area contributed by atoms with Crippen molar-refractivity contribution in [3.63, 3.8) is 0 Å². The third kappa shape index (κ3) is 20.5. The molecule has 0 saturated heterocycles. The van der Waals surface area contributed by atoms with E-state index < -0.39 is 61.1 Å². The minimum Gasteiger partial charge on any atom is -0.481 e. The molecule has 11 heteroatoms. The minimum atomic E-state index is -1.34. The smallest absolute Gasteiger partial charge is 0.328 e. The zero-order valence-corrected chi connectivity index (χ0v) is 29.0. The SMILES string of the molecule is CC(=C\C(=O)O)/C=C(\C)C[C@H](C)CCCC[C@H](O)[C@H](CO)C(=O)O[C@H](CCCC[C@@H](C)C/C(C)=C/C(C)=C/C(=O)O)[C@@H](CO)C(=O)O. The fourth-order valence-corrected chi connectivity index (χ4v) is 5.84. The number of carboxylic acids is 3. The summed E-state index contributed by atoms with van der Waals surface area (Å²) in [6.45, 7) is 10.1. The standard InChI is InChI=1S/C36H58O11/c1-23(15-25(3)17-27(5)19-33(40)41)11-7-9-13-31(39)29(21-37)36(46)47-32(30(22-38)35(44)45)14-10-8-12-24(2)16-26(4)18-28(6)20-34(42)43/h17-20,23-24,29-32,37-39H,7-16,21-22H2,1-6H3,(H,40,41)(H,42,43)(H,44,45)/b25-17+,26-18+,27-19+,28-20+/t23-,24-,29+,30-,31+,32-/m1/s1. The van der Waals surface area contributed by atoms with Crippen LogP contribution in [0.5, 0.6) is 0 Å². The molecule has 0 spiro atoms. The van der Waals surface area contributed by atoms with E-state index in [-0.39, 0.29) is 18.8 Å². The van der Waals surface area contributed by atoms with Crippen LogP contribution in [0.3, 0.4) is 0 Å². The number of unbranched alkanes of at least 4 members (excludes halogenated alkanes) is 2. The highest BCUT2D eigenvalue weighted by Gasteiger charge is 2.35. The maximum atomic E-state index is 13.0. The van der Waals surface area contributed by atoms with Crippen molar-refractivity contribution >= 4 is 23.9 Å². The summed E-state index contributed by atoms with van der Waals surface area (Å²) >= 11 is 0. The van der Waals surface area contributed by atoms with E-state index in [0.717, 1.165) is 55.4 Å². The minimum absolute atomic E-state index is 0.191. The van der Waals surface area contributed by atoms with Gasteiger partial charge < -0.3 is 35.4 Å². The van der Waals surface area contributed by atoms with Crippen molar-refractivity contribution in [2.45, 2.75) is 118 Å². The van der Waals surface area contributed by atoms with E-state index in [1.165, 1.54) is 0 Å². The monoisotopic (exact) mass is 666 g/mol. The van der Waals surface area contributed by atoms with E-state index in [0.29, 0.717) is 36.3 Å². The lowest BCUT2D eigenvalue weighted by molar-refractivity contribution is -0.169. The highest BCUT2D eigenvalue weighted by atomic mass is 16.5. The first kappa shape index (κ1) is 43.7. The molecule has 47 heavy (non-hydrogen) atoms. The van der Waals surface area contributed by atoms with Gasteiger partial charge in [0.1, 0.15) is 17.9 Å². The second-order valence-electron chi connectivity index (χ2n) is 13.1. The summed E-state index contributed by atoms with van der Waals surface area (Å²) in [5, 5.41) is 57.7. The van der Waals surface area contributed by atoms with Crippen molar-refractivity contribution in [3.05, 3.63) is 46.6 Å². The van der Waals surface area contributed by atoms with Crippen LogP contribution in [0.4, 0.5) is 0 Å². The molecule has 0 bridgehead atoms. The highest BCUT2D eigenvalue weighted by molar-refractivity contribution is 5.81. The van der Waals surface area contributed by atoms with Gasteiger partial charge in [0.25, 0.3) is 0 Å². The number of hydrogen-bond acceptors (Lipinski definition) is 8. The Balaban J connectivity index is 5.02. The van der Waals surface area contributed by atoms with Gasteiger partial charge in [-0.15, -0.1) is 0 Å². The third-order valence-corrected chi connectivity index (χ3v) is 8.07. The molecule has 0 heterocycles. The summed E-state index contributed by atoms with van der Waals surface area (Å²) in [6, 6.07) is 0. The van der Waals surface area contributed by atoms with Gasteiger partial charge >= 0.3 is 23.9 Å². The summed E-state index contributed by atoms with van der Waals surface area (Å²) in [5.41, 5.74) is 3.42. The second kappa shape index (κ2) is 23.9. The van der Waals surface area contributed by atoms with Crippen molar-refractivity contribution in [1.29, 1.82) is 0 Å².